The predicted octanol–water partition coefficient (Wildman–Crippen LogP) is 3.43. The highest BCUT2D eigenvalue weighted by Crippen LogP contribution is 2.49. The smallest absolute Gasteiger partial charge is 0.0440 e. The van der Waals surface area contributed by atoms with E-state index in [-0.39, 0.29) is 5.41 Å². The number of hydrogen-bond acceptors (Lipinski definition) is 1. The molecule has 0 amide bonds. The van der Waals surface area contributed by atoms with Crippen LogP contribution in [0, 0.1) is 0 Å². The van der Waals surface area contributed by atoms with Crippen molar-refractivity contribution in [1.29, 1.82) is 0 Å². The molecule has 1 unspecified atom stereocenters. The molecular weight excluding hydrogens is 218 g/mol. The molecular formula is C14H18ClN. The SMILES string of the molecule is NC1CCc2c(Cl)cccc2C12CCCC2. The van der Waals surface area contributed by atoms with Crippen molar-refractivity contribution in [2.75, 3.05) is 0 Å². The monoisotopic (exact) mass is 235 g/mol. The van der Waals surface area contributed by atoms with Crippen LogP contribution in [-0.2, 0) is 11.8 Å². The van der Waals surface area contributed by atoms with Crippen LogP contribution in [0.3, 0.4) is 0 Å². The number of hydrogen-bond donors (Lipinski definition) is 1. The number of benzene rings is 1. The van der Waals surface area contributed by atoms with Crippen LogP contribution in [0.2, 0.25) is 5.02 Å². The first-order valence-electron chi connectivity index (χ1n) is 6.27. The molecule has 2 aliphatic carbocycles. The molecule has 0 heterocycles. The summed E-state index contributed by atoms with van der Waals surface area (Å²) in [7, 11) is 0. The van der Waals surface area contributed by atoms with Gasteiger partial charge in [-0.05, 0) is 42.9 Å². The van der Waals surface area contributed by atoms with Crippen molar-refractivity contribution < 1.29 is 0 Å². The van der Waals surface area contributed by atoms with Crippen LogP contribution in [0.1, 0.15) is 43.2 Å². The van der Waals surface area contributed by atoms with Crippen LogP contribution in [0.4, 0.5) is 0 Å². The van der Waals surface area contributed by atoms with E-state index in [1.54, 1.807) is 0 Å². The second-order valence-electron chi connectivity index (χ2n) is 5.27. The van der Waals surface area contributed by atoms with E-state index in [1.807, 2.05) is 6.07 Å². The van der Waals surface area contributed by atoms with Gasteiger partial charge in [-0.1, -0.05) is 36.6 Å². The zero-order valence-corrected chi connectivity index (χ0v) is 10.3. The fraction of sp³-hybridized carbons (Fsp3) is 0.571. The molecule has 1 spiro atoms. The minimum atomic E-state index is 0.248. The fourth-order valence-corrected chi connectivity index (χ4v) is 3.97. The first kappa shape index (κ1) is 10.6. The third kappa shape index (κ3) is 1.34. The van der Waals surface area contributed by atoms with Crippen molar-refractivity contribution in [3.63, 3.8) is 0 Å². The van der Waals surface area contributed by atoms with E-state index in [0.717, 1.165) is 17.9 Å². The summed E-state index contributed by atoms with van der Waals surface area (Å²) in [5.74, 6) is 0. The van der Waals surface area contributed by atoms with E-state index < -0.39 is 0 Å². The lowest BCUT2D eigenvalue weighted by molar-refractivity contribution is 0.313. The van der Waals surface area contributed by atoms with E-state index >= 15 is 0 Å². The Morgan fingerprint density at radius 2 is 2.00 bits per heavy atom. The standard InChI is InChI=1S/C14H18ClN/c15-12-5-3-4-11-10(12)6-7-13(16)14(11)8-1-2-9-14/h3-5,13H,1-2,6-9,16H2. The molecule has 1 saturated carbocycles. The Labute approximate surface area is 102 Å². The molecule has 0 aromatic heterocycles. The number of nitrogens with two attached hydrogens (primary N) is 1. The normalized spacial score (nSPS) is 27.0. The molecule has 1 aromatic carbocycles. The number of halogens is 1. The van der Waals surface area contributed by atoms with Crippen molar-refractivity contribution in [2.45, 2.75) is 50.0 Å². The largest absolute Gasteiger partial charge is 0.327 e. The lowest BCUT2D eigenvalue weighted by atomic mass is 9.66. The zero-order chi connectivity index (χ0) is 11.2. The Hall–Kier alpha value is -0.530. The van der Waals surface area contributed by atoms with E-state index in [2.05, 4.69) is 12.1 Å². The van der Waals surface area contributed by atoms with Crippen molar-refractivity contribution in [3.8, 4) is 0 Å². The molecule has 0 saturated heterocycles. The van der Waals surface area contributed by atoms with E-state index in [4.69, 9.17) is 17.3 Å². The van der Waals surface area contributed by atoms with Crippen LogP contribution in [0.5, 0.6) is 0 Å². The number of rotatable bonds is 0. The molecule has 2 N–H and O–H groups in total. The van der Waals surface area contributed by atoms with Gasteiger partial charge >= 0.3 is 0 Å². The molecule has 2 heteroatoms. The minimum Gasteiger partial charge on any atom is -0.327 e. The maximum absolute atomic E-state index is 6.40. The molecule has 1 aromatic rings. The Bertz CT molecular complexity index is 407. The molecule has 1 nitrogen and oxygen atoms in total. The molecule has 3 rings (SSSR count). The highest BCUT2D eigenvalue weighted by molar-refractivity contribution is 6.31. The Morgan fingerprint density at radius 3 is 2.75 bits per heavy atom. The summed E-state index contributed by atoms with van der Waals surface area (Å²) >= 11 is 6.31. The Kier molecular flexibility index (Phi) is 2.49. The number of fused-ring (bicyclic) bond motifs is 2. The third-order valence-electron chi connectivity index (χ3n) is 4.57. The average molecular weight is 236 g/mol. The zero-order valence-electron chi connectivity index (χ0n) is 9.51. The first-order chi connectivity index (χ1) is 7.74. The fourth-order valence-electron chi connectivity index (χ4n) is 3.70. The Morgan fingerprint density at radius 1 is 1.25 bits per heavy atom. The summed E-state index contributed by atoms with van der Waals surface area (Å²) in [6, 6.07) is 6.69. The second kappa shape index (κ2) is 3.75. The minimum absolute atomic E-state index is 0.248. The molecule has 2 aliphatic rings. The molecule has 1 fully saturated rings. The third-order valence-corrected chi connectivity index (χ3v) is 4.92. The van der Waals surface area contributed by atoms with Crippen molar-refractivity contribution in [3.05, 3.63) is 34.3 Å². The lowest BCUT2D eigenvalue weighted by Gasteiger charge is -2.41. The van der Waals surface area contributed by atoms with Crippen molar-refractivity contribution in [1.82, 2.24) is 0 Å². The summed E-state index contributed by atoms with van der Waals surface area (Å²) in [6.07, 6.45) is 7.29. The van der Waals surface area contributed by atoms with Gasteiger partial charge in [0.2, 0.25) is 0 Å². The Balaban J connectivity index is 2.17. The van der Waals surface area contributed by atoms with Gasteiger partial charge in [-0.15, -0.1) is 0 Å². The van der Waals surface area contributed by atoms with Crippen LogP contribution in [-0.4, -0.2) is 6.04 Å². The highest BCUT2D eigenvalue weighted by Gasteiger charge is 2.44. The first-order valence-corrected chi connectivity index (χ1v) is 6.65. The van der Waals surface area contributed by atoms with Crippen LogP contribution < -0.4 is 5.73 Å². The lowest BCUT2D eigenvalue weighted by Crippen LogP contribution is -2.47. The van der Waals surface area contributed by atoms with Gasteiger partial charge in [0.25, 0.3) is 0 Å². The summed E-state index contributed by atoms with van der Waals surface area (Å²) in [4.78, 5) is 0. The van der Waals surface area contributed by atoms with Crippen LogP contribution in [0.25, 0.3) is 0 Å². The second-order valence-corrected chi connectivity index (χ2v) is 5.68. The maximum atomic E-state index is 6.40. The van der Waals surface area contributed by atoms with Gasteiger partial charge in [0.15, 0.2) is 0 Å². The molecule has 0 bridgehead atoms. The van der Waals surface area contributed by atoms with Crippen molar-refractivity contribution in [2.24, 2.45) is 5.73 Å². The van der Waals surface area contributed by atoms with Gasteiger partial charge in [0.1, 0.15) is 0 Å². The van der Waals surface area contributed by atoms with Crippen LogP contribution in [0.15, 0.2) is 18.2 Å². The van der Waals surface area contributed by atoms with Gasteiger partial charge in [0.05, 0.1) is 0 Å². The van der Waals surface area contributed by atoms with Crippen molar-refractivity contribution >= 4 is 11.6 Å². The predicted molar refractivity (Wildman–Crippen MR) is 67.9 cm³/mol. The summed E-state index contributed by atoms with van der Waals surface area (Å²) in [5.41, 5.74) is 9.47. The summed E-state index contributed by atoms with van der Waals surface area (Å²) < 4.78 is 0. The van der Waals surface area contributed by atoms with Crippen LogP contribution >= 0.6 is 11.6 Å². The topological polar surface area (TPSA) is 26.0 Å². The van der Waals surface area contributed by atoms with Gasteiger partial charge in [-0.3, -0.25) is 0 Å². The van der Waals surface area contributed by atoms with Gasteiger partial charge in [-0.25, -0.2) is 0 Å². The van der Waals surface area contributed by atoms with E-state index in [1.165, 1.54) is 36.8 Å². The molecule has 86 valence electrons. The average Bonchev–Trinajstić information content (AvgIpc) is 2.75. The van der Waals surface area contributed by atoms with E-state index in [9.17, 15) is 0 Å². The molecule has 0 radical (unpaired) electrons. The molecule has 0 aliphatic heterocycles. The summed E-state index contributed by atoms with van der Waals surface area (Å²) in [5, 5.41) is 0.940. The quantitative estimate of drug-likeness (QED) is 0.733. The highest BCUT2D eigenvalue weighted by atomic mass is 35.5. The summed E-state index contributed by atoms with van der Waals surface area (Å²) in [6.45, 7) is 0. The molecule has 1 atom stereocenters. The van der Waals surface area contributed by atoms with Gasteiger partial charge in [0, 0.05) is 16.5 Å². The molecule has 16 heavy (non-hydrogen) atoms. The maximum Gasteiger partial charge on any atom is 0.0440 e. The van der Waals surface area contributed by atoms with Gasteiger partial charge in [-0.2, -0.15) is 0 Å². The van der Waals surface area contributed by atoms with Gasteiger partial charge < -0.3 is 5.73 Å². The van der Waals surface area contributed by atoms with E-state index in [0.29, 0.717) is 6.04 Å².